The van der Waals surface area contributed by atoms with Crippen molar-refractivity contribution in [3.63, 3.8) is 0 Å². The van der Waals surface area contributed by atoms with Crippen LogP contribution in [-0.4, -0.2) is 12.5 Å². The van der Waals surface area contributed by atoms with Crippen LogP contribution >= 0.6 is 15.9 Å². The fraction of sp³-hybridized carbons (Fsp3) is 0.333. The van der Waals surface area contributed by atoms with Gasteiger partial charge < -0.3 is 0 Å². The monoisotopic (exact) mass is 265 g/mol. The Morgan fingerprint density at radius 1 is 1.46 bits per heavy atom. The molecule has 0 fully saturated rings. The molecule has 4 heteroatoms. The zero-order valence-electron chi connectivity index (χ0n) is 7.51. The van der Waals surface area contributed by atoms with E-state index < -0.39 is 0 Å². The molecule has 0 unspecified atom stereocenters. The third kappa shape index (κ3) is 3.19. The predicted octanol–water partition coefficient (Wildman–Crippen LogP) is 2.89. The van der Waals surface area contributed by atoms with E-state index >= 15 is 0 Å². The van der Waals surface area contributed by atoms with Crippen LogP contribution in [0.1, 0.15) is 5.56 Å². The van der Waals surface area contributed by atoms with Gasteiger partial charge in [0.1, 0.15) is 18.3 Å². The van der Waals surface area contributed by atoms with E-state index in [1.54, 1.807) is 12.1 Å². The van der Waals surface area contributed by atoms with Gasteiger partial charge in [-0.2, -0.15) is 0 Å². The quantitative estimate of drug-likeness (QED) is 0.603. The summed E-state index contributed by atoms with van der Waals surface area (Å²) in [5, 5.41) is 0.531. The molecule has 0 aliphatic rings. The lowest BCUT2D eigenvalue weighted by molar-refractivity contribution is 0.589. The van der Waals surface area contributed by atoms with Gasteiger partial charge in [-0.15, -0.1) is 0 Å². The summed E-state index contributed by atoms with van der Waals surface area (Å²) in [6.45, 7) is 0. The first-order valence-corrected chi connectivity index (χ1v) is 6.82. The summed E-state index contributed by atoms with van der Waals surface area (Å²) in [5.74, 6) is 0.371. The molecule has 0 atom stereocenters. The fourth-order valence-electron chi connectivity index (χ4n) is 0.881. The SMILES string of the molecule is C[S+](C)Oc1ccc(CBr)c(F)c1. The van der Waals surface area contributed by atoms with Gasteiger partial charge in [-0.3, -0.25) is 4.18 Å². The predicted molar refractivity (Wildman–Crippen MR) is 58.9 cm³/mol. The average Bonchev–Trinajstić information content (AvgIpc) is 2.03. The second kappa shape index (κ2) is 4.86. The fourth-order valence-corrected chi connectivity index (χ4v) is 1.82. The van der Waals surface area contributed by atoms with Gasteiger partial charge in [0.15, 0.2) is 16.9 Å². The molecule has 0 amide bonds. The first-order chi connectivity index (χ1) is 6.13. The second-order valence-electron chi connectivity index (χ2n) is 2.71. The van der Waals surface area contributed by atoms with Gasteiger partial charge in [-0.05, 0) is 11.6 Å². The largest absolute Gasteiger partial charge is 0.287 e. The van der Waals surface area contributed by atoms with Crippen LogP contribution in [0.3, 0.4) is 0 Å². The normalized spacial score (nSPS) is 10.5. The number of hydrogen-bond acceptors (Lipinski definition) is 1. The highest BCUT2D eigenvalue weighted by atomic mass is 79.9. The summed E-state index contributed by atoms with van der Waals surface area (Å²) >= 11 is 3.04. The molecule has 1 rings (SSSR count). The Hall–Kier alpha value is -0.220. The zero-order valence-corrected chi connectivity index (χ0v) is 9.91. The van der Waals surface area contributed by atoms with Crippen molar-refractivity contribution in [1.82, 2.24) is 0 Å². The van der Waals surface area contributed by atoms with Crippen LogP contribution < -0.4 is 4.18 Å². The Morgan fingerprint density at radius 3 is 2.62 bits per heavy atom. The maximum atomic E-state index is 13.2. The Kier molecular flexibility index (Phi) is 4.06. The molecule has 0 aliphatic carbocycles. The van der Waals surface area contributed by atoms with Crippen molar-refractivity contribution < 1.29 is 8.57 Å². The molecule has 0 N–H and O–H groups in total. The second-order valence-corrected chi connectivity index (χ2v) is 4.92. The summed E-state index contributed by atoms with van der Waals surface area (Å²) < 4.78 is 18.6. The molecule has 0 aliphatic heterocycles. The molecule has 72 valence electrons. The summed E-state index contributed by atoms with van der Waals surface area (Å²) in [5.41, 5.74) is 0.652. The summed E-state index contributed by atoms with van der Waals surface area (Å²) in [6.07, 6.45) is 3.88. The maximum absolute atomic E-state index is 13.2. The highest BCUT2D eigenvalue weighted by Gasteiger charge is 2.09. The third-order valence-electron chi connectivity index (χ3n) is 1.43. The van der Waals surface area contributed by atoms with E-state index in [1.807, 2.05) is 12.5 Å². The molecular weight excluding hydrogens is 255 g/mol. The molecular formula is C9H11BrFOS+. The van der Waals surface area contributed by atoms with Gasteiger partial charge in [-0.25, -0.2) is 4.39 Å². The van der Waals surface area contributed by atoms with Crippen LogP contribution in [0.5, 0.6) is 5.75 Å². The highest BCUT2D eigenvalue weighted by molar-refractivity contribution is 9.08. The molecule has 1 nitrogen and oxygen atoms in total. The van der Waals surface area contributed by atoms with E-state index in [2.05, 4.69) is 15.9 Å². The van der Waals surface area contributed by atoms with E-state index in [4.69, 9.17) is 4.18 Å². The molecule has 0 saturated heterocycles. The van der Waals surface area contributed by atoms with Crippen LogP contribution in [0, 0.1) is 5.82 Å². The average molecular weight is 266 g/mol. The van der Waals surface area contributed by atoms with Crippen LogP contribution in [0.2, 0.25) is 0 Å². The van der Waals surface area contributed by atoms with Crippen molar-refractivity contribution in [1.29, 1.82) is 0 Å². The first kappa shape index (κ1) is 10.9. The van der Waals surface area contributed by atoms with E-state index in [0.29, 0.717) is 16.6 Å². The van der Waals surface area contributed by atoms with Crippen LogP contribution in [0.4, 0.5) is 4.39 Å². The van der Waals surface area contributed by atoms with Gasteiger partial charge in [-0.1, -0.05) is 22.0 Å². The van der Waals surface area contributed by atoms with Gasteiger partial charge >= 0.3 is 0 Å². The molecule has 13 heavy (non-hydrogen) atoms. The van der Waals surface area contributed by atoms with Crippen LogP contribution in [0.25, 0.3) is 0 Å². The van der Waals surface area contributed by atoms with Gasteiger partial charge in [0.05, 0.1) is 0 Å². The van der Waals surface area contributed by atoms with Crippen molar-refractivity contribution in [2.24, 2.45) is 0 Å². The Morgan fingerprint density at radius 2 is 2.15 bits per heavy atom. The smallest absolute Gasteiger partial charge is 0.191 e. The van der Waals surface area contributed by atoms with E-state index in [0.717, 1.165) is 0 Å². The van der Waals surface area contributed by atoms with Gasteiger partial charge in [0.25, 0.3) is 0 Å². The highest BCUT2D eigenvalue weighted by Crippen LogP contribution is 2.19. The minimum absolute atomic E-state index is 0.162. The molecule has 0 heterocycles. The molecule has 0 bridgehead atoms. The number of rotatable bonds is 3. The first-order valence-electron chi connectivity index (χ1n) is 3.74. The molecule has 1 aromatic rings. The summed E-state index contributed by atoms with van der Waals surface area (Å²) in [6, 6.07) is 4.93. The minimum atomic E-state index is -0.222. The Labute approximate surface area is 89.0 Å². The summed E-state index contributed by atoms with van der Waals surface area (Å²) in [4.78, 5) is 0. The van der Waals surface area contributed by atoms with E-state index in [1.165, 1.54) is 6.07 Å². The number of halogens is 2. The van der Waals surface area contributed by atoms with E-state index in [9.17, 15) is 4.39 Å². The van der Waals surface area contributed by atoms with Crippen molar-refractivity contribution in [3.05, 3.63) is 29.6 Å². The summed E-state index contributed by atoms with van der Waals surface area (Å²) in [7, 11) is 0. The number of hydrogen-bond donors (Lipinski definition) is 0. The van der Waals surface area contributed by atoms with Crippen molar-refractivity contribution >= 4 is 27.1 Å². The lowest BCUT2D eigenvalue weighted by Gasteiger charge is -2.01. The van der Waals surface area contributed by atoms with Crippen LogP contribution in [-0.2, 0) is 16.5 Å². The minimum Gasteiger partial charge on any atom is -0.287 e. The van der Waals surface area contributed by atoms with Gasteiger partial charge in [0, 0.05) is 11.4 Å². The van der Waals surface area contributed by atoms with Crippen molar-refractivity contribution in [2.45, 2.75) is 5.33 Å². The van der Waals surface area contributed by atoms with E-state index in [-0.39, 0.29) is 17.0 Å². The van der Waals surface area contributed by atoms with Crippen LogP contribution in [0.15, 0.2) is 18.2 Å². The Bertz CT molecular complexity index is 291. The lowest BCUT2D eigenvalue weighted by Crippen LogP contribution is -2.04. The molecule has 0 aromatic heterocycles. The molecule has 1 aromatic carbocycles. The van der Waals surface area contributed by atoms with Crippen molar-refractivity contribution in [3.8, 4) is 5.75 Å². The van der Waals surface area contributed by atoms with Gasteiger partial charge in [0.2, 0.25) is 0 Å². The third-order valence-corrected chi connectivity index (χ3v) is 2.56. The standard InChI is InChI=1S/C9H11BrFOS/c1-13(2)12-8-4-3-7(6-10)9(11)5-8/h3-5H,6H2,1-2H3/q+1. The Balaban J connectivity index is 2.83. The lowest BCUT2D eigenvalue weighted by atomic mass is 10.2. The topological polar surface area (TPSA) is 9.23 Å². The molecule has 0 spiro atoms. The number of alkyl halides is 1. The number of benzene rings is 1. The van der Waals surface area contributed by atoms with Crippen molar-refractivity contribution in [2.75, 3.05) is 12.5 Å². The molecule has 0 radical (unpaired) electrons. The maximum Gasteiger partial charge on any atom is 0.191 e. The zero-order chi connectivity index (χ0) is 9.84. The molecule has 0 saturated carbocycles.